The highest BCUT2D eigenvalue weighted by Gasteiger charge is 2.63. The van der Waals surface area contributed by atoms with Crippen LogP contribution in [0, 0.1) is 16.7 Å². The molecular formula is C25H25N5O3. The Morgan fingerprint density at radius 1 is 1.09 bits per heavy atom. The van der Waals surface area contributed by atoms with Gasteiger partial charge in [-0.25, -0.2) is 14.7 Å². The summed E-state index contributed by atoms with van der Waals surface area (Å²) in [6, 6.07) is 11.0. The van der Waals surface area contributed by atoms with Crippen molar-refractivity contribution in [3.63, 3.8) is 0 Å². The monoisotopic (exact) mass is 443 g/mol. The van der Waals surface area contributed by atoms with Crippen LogP contribution in [0.3, 0.4) is 0 Å². The number of hydrogen-bond acceptors (Lipinski definition) is 5. The van der Waals surface area contributed by atoms with Crippen molar-refractivity contribution in [1.82, 2.24) is 9.88 Å². The van der Waals surface area contributed by atoms with Crippen molar-refractivity contribution in [1.29, 1.82) is 5.26 Å². The van der Waals surface area contributed by atoms with Crippen LogP contribution in [0.2, 0.25) is 0 Å². The molecule has 1 unspecified atom stereocenters. The molecule has 2 aliphatic heterocycles. The van der Waals surface area contributed by atoms with Gasteiger partial charge in [-0.05, 0) is 55.0 Å². The zero-order valence-corrected chi connectivity index (χ0v) is 19.1. The summed E-state index contributed by atoms with van der Waals surface area (Å²) in [6.07, 6.45) is 2.58. The number of imide groups is 1. The van der Waals surface area contributed by atoms with Crippen LogP contribution in [-0.2, 0) is 28.0 Å². The lowest BCUT2D eigenvalue weighted by molar-refractivity contribution is -0.123. The third-order valence-electron chi connectivity index (χ3n) is 7.45. The fourth-order valence-electron chi connectivity index (χ4n) is 5.08. The number of hydrogen-bond donors (Lipinski definition) is 1. The number of anilines is 2. The maximum absolute atomic E-state index is 13.4. The van der Waals surface area contributed by atoms with Crippen molar-refractivity contribution in [3.8, 4) is 6.07 Å². The number of fused-ring (bicyclic) bond motifs is 1. The predicted octanol–water partition coefficient (Wildman–Crippen LogP) is 3.51. The van der Waals surface area contributed by atoms with Gasteiger partial charge in [0, 0.05) is 18.3 Å². The molecule has 1 aliphatic carbocycles. The van der Waals surface area contributed by atoms with Gasteiger partial charge in [0.05, 0.1) is 23.6 Å². The molecule has 1 saturated heterocycles. The maximum atomic E-state index is 13.4. The number of nitrogens with zero attached hydrogens (tertiary/aromatic N) is 4. The summed E-state index contributed by atoms with van der Waals surface area (Å²) in [5.41, 5.74) is 1.25. The Kier molecular flexibility index (Phi) is 4.25. The number of urea groups is 1. The quantitative estimate of drug-likeness (QED) is 0.728. The molecule has 0 radical (unpaired) electrons. The van der Waals surface area contributed by atoms with E-state index in [4.69, 9.17) is 0 Å². The van der Waals surface area contributed by atoms with Crippen LogP contribution >= 0.6 is 0 Å². The van der Waals surface area contributed by atoms with Crippen molar-refractivity contribution >= 4 is 29.4 Å². The van der Waals surface area contributed by atoms with Crippen LogP contribution in [-0.4, -0.2) is 33.3 Å². The van der Waals surface area contributed by atoms with Crippen molar-refractivity contribution in [2.75, 3.05) is 10.2 Å². The zero-order chi connectivity index (χ0) is 23.8. The molecule has 0 spiro atoms. The fourth-order valence-corrected chi connectivity index (χ4v) is 5.08. The molecule has 4 amide bonds. The third kappa shape index (κ3) is 2.88. The Morgan fingerprint density at radius 2 is 1.76 bits per heavy atom. The van der Waals surface area contributed by atoms with E-state index in [0.717, 1.165) is 23.1 Å². The van der Waals surface area contributed by atoms with Crippen LogP contribution in [0.5, 0.6) is 0 Å². The van der Waals surface area contributed by atoms with Crippen molar-refractivity contribution in [3.05, 3.63) is 53.2 Å². The van der Waals surface area contributed by atoms with Crippen molar-refractivity contribution in [2.45, 2.75) is 58.0 Å². The molecule has 1 saturated carbocycles. The highest BCUT2D eigenvalue weighted by atomic mass is 16.2. The molecule has 33 heavy (non-hydrogen) atoms. The topological polar surface area (TPSA) is 106 Å². The van der Waals surface area contributed by atoms with E-state index in [2.05, 4.69) is 30.2 Å². The van der Waals surface area contributed by atoms with Gasteiger partial charge in [-0.1, -0.05) is 26.0 Å². The Labute approximate surface area is 192 Å². The normalized spacial score (nSPS) is 24.5. The molecule has 1 atom stereocenters. The lowest BCUT2D eigenvalue weighted by Crippen LogP contribution is -2.43. The van der Waals surface area contributed by atoms with Gasteiger partial charge in [0.2, 0.25) is 5.91 Å². The van der Waals surface area contributed by atoms with Gasteiger partial charge in [0.1, 0.15) is 11.4 Å². The number of carbonyl (C=O) groups excluding carboxylic acids is 3. The van der Waals surface area contributed by atoms with Crippen LogP contribution in [0.4, 0.5) is 16.3 Å². The highest BCUT2D eigenvalue weighted by molar-refractivity contribution is 6.23. The Hall–Kier alpha value is -3.73. The maximum Gasteiger partial charge on any atom is 0.332 e. The largest absolute Gasteiger partial charge is 0.332 e. The predicted molar refractivity (Wildman–Crippen MR) is 121 cm³/mol. The van der Waals surface area contributed by atoms with Gasteiger partial charge in [-0.2, -0.15) is 5.26 Å². The molecular weight excluding hydrogens is 418 g/mol. The van der Waals surface area contributed by atoms with Gasteiger partial charge in [-0.3, -0.25) is 9.59 Å². The lowest BCUT2D eigenvalue weighted by atomic mass is 9.89. The minimum absolute atomic E-state index is 0.0949. The first-order valence-corrected chi connectivity index (χ1v) is 11.0. The summed E-state index contributed by atoms with van der Waals surface area (Å²) in [5, 5.41) is 12.4. The summed E-state index contributed by atoms with van der Waals surface area (Å²) in [6.45, 7) is 7.78. The van der Waals surface area contributed by atoms with Crippen molar-refractivity contribution in [2.24, 2.45) is 5.41 Å². The molecule has 1 N–H and O–H groups in total. The Balaban J connectivity index is 1.44. The van der Waals surface area contributed by atoms with Gasteiger partial charge in [0.15, 0.2) is 0 Å². The van der Waals surface area contributed by atoms with E-state index in [0.29, 0.717) is 11.5 Å². The number of benzene rings is 1. The molecule has 8 nitrogen and oxygen atoms in total. The molecule has 3 heterocycles. The minimum atomic E-state index is -1.06. The molecule has 3 aliphatic rings. The summed E-state index contributed by atoms with van der Waals surface area (Å²) in [4.78, 5) is 45.5. The molecule has 8 heteroatoms. The molecule has 2 aromatic rings. The third-order valence-corrected chi connectivity index (χ3v) is 7.45. The van der Waals surface area contributed by atoms with E-state index in [1.54, 1.807) is 38.2 Å². The first-order valence-electron chi connectivity index (χ1n) is 11.0. The van der Waals surface area contributed by atoms with E-state index in [-0.39, 0.29) is 30.2 Å². The number of rotatable bonds is 4. The molecule has 5 rings (SSSR count). The summed E-state index contributed by atoms with van der Waals surface area (Å²) in [7, 11) is 0. The van der Waals surface area contributed by atoms with E-state index in [1.807, 2.05) is 12.1 Å². The average Bonchev–Trinajstić information content (AvgIpc) is 3.05. The standard InChI is InChI=1S/C25H25N5O3/c1-23(2)13-25(23,14-26)16-5-7-17(8-6-16)30-21(32)24(3,4)29(22(30)33)12-15-9-10-27-20-18(15)11-19(31)28-20/h5-10H,11-13H2,1-4H3,(H,27,28,31). The lowest BCUT2D eigenvalue weighted by Gasteiger charge is -2.28. The Bertz CT molecular complexity index is 1260. The van der Waals surface area contributed by atoms with E-state index < -0.39 is 17.0 Å². The zero-order valence-electron chi connectivity index (χ0n) is 19.1. The van der Waals surface area contributed by atoms with Crippen molar-refractivity contribution < 1.29 is 14.4 Å². The Morgan fingerprint density at radius 3 is 2.36 bits per heavy atom. The number of pyridine rings is 1. The van der Waals surface area contributed by atoms with Crippen LogP contribution in [0.1, 0.15) is 50.8 Å². The second-order valence-corrected chi connectivity index (χ2v) is 10.2. The summed E-state index contributed by atoms with van der Waals surface area (Å²) >= 11 is 0. The number of aromatic nitrogens is 1. The number of carbonyl (C=O) groups is 3. The highest BCUT2D eigenvalue weighted by Crippen LogP contribution is 2.63. The molecule has 0 bridgehead atoms. The van der Waals surface area contributed by atoms with E-state index in [1.165, 1.54) is 9.80 Å². The first-order chi connectivity index (χ1) is 15.5. The second-order valence-electron chi connectivity index (χ2n) is 10.2. The van der Waals surface area contributed by atoms with Gasteiger partial charge in [0.25, 0.3) is 5.91 Å². The number of nitrogens with one attached hydrogen (secondary N) is 1. The smallest absolute Gasteiger partial charge is 0.310 e. The first kappa shape index (κ1) is 21.1. The average molecular weight is 444 g/mol. The minimum Gasteiger partial charge on any atom is -0.310 e. The SMILES string of the molecule is CC1(C)C(=O)N(c2ccc(C3(C#N)CC3(C)C)cc2)C(=O)N1Cc1ccnc2c1CC(=O)N2. The van der Waals surface area contributed by atoms with Crippen LogP contribution in [0.25, 0.3) is 0 Å². The summed E-state index contributed by atoms with van der Waals surface area (Å²) in [5.74, 6) is 0.0563. The summed E-state index contributed by atoms with van der Waals surface area (Å²) < 4.78 is 0. The second kappa shape index (κ2) is 6.64. The van der Waals surface area contributed by atoms with Crippen LogP contribution < -0.4 is 10.2 Å². The van der Waals surface area contributed by atoms with Gasteiger partial charge in [-0.15, -0.1) is 0 Å². The molecule has 1 aromatic carbocycles. The fraction of sp³-hybridized carbons (Fsp3) is 0.400. The van der Waals surface area contributed by atoms with E-state index in [9.17, 15) is 19.6 Å². The van der Waals surface area contributed by atoms with Crippen LogP contribution in [0.15, 0.2) is 36.5 Å². The number of nitriles is 1. The number of amides is 4. The van der Waals surface area contributed by atoms with Gasteiger partial charge >= 0.3 is 6.03 Å². The van der Waals surface area contributed by atoms with Gasteiger partial charge < -0.3 is 10.2 Å². The molecule has 1 aromatic heterocycles. The molecule has 168 valence electrons. The van der Waals surface area contributed by atoms with E-state index >= 15 is 0 Å². The molecule has 2 fully saturated rings.